The number of benzene rings is 1. The molecular weight excluding hydrogens is 240 g/mol. The Morgan fingerprint density at radius 1 is 1.11 bits per heavy atom. The van der Waals surface area contributed by atoms with Gasteiger partial charge in [-0.2, -0.15) is 0 Å². The molecule has 1 N–H and O–H groups in total. The first-order valence-corrected chi connectivity index (χ1v) is 7.07. The molecule has 0 spiro atoms. The molecule has 0 aliphatic rings. The summed E-state index contributed by atoms with van der Waals surface area (Å²) >= 11 is 0. The topological polar surface area (TPSA) is 46.5 Å². The van der Waals surface area contributed by atoms with Gasteiger partial charge in [0.1, 0.15) is 5.75 Å². The third-order valence-corrected chi connectivity index (χ3v) is 3.29. The van der Waals surface area contributed by atoms with E-state index >= 15 is 0 Å². The van der Waals surface area contributed by atoms with E-state index in [0.717, 1.165) is 49.7 Å². The second-order valence-electron chi connectivity index (χ2n) is 4.84. The standard InChI is InChI=1S/C16H24O3/c1-4-6-8-12-10-14(16(18)19-3)11-13(15(12)17)9-7-5-2/h10-11,17H,4-9H2,1-3H3. The van der Waals surface area contributed by atoms with Gasteiger partial charge in [0.25, 0.3) is 0 Å². The van der Waals surface area contributed by atoms with Crippen LogP contribution in [-0.2, 0) is 17.6 Å². The van der Waals surface area contributed by atoms with Crippen LogP contribution >= 0.6 is 0 Å². The first-order chi connectivity index (χ1) is 9.13. The number of methoxy groups -OCH3 is 1. The third-order valence-electron chi connectivity index (χ3n) is 3.29. The Morgan fingerprint density at radius 2 is 1.58 bits per heavy atom. The van der Waals surface area contributed by atoms with Crippen molar-refractivity contribution in [1.29, 1.82) is 0 Å². The number of carbonyl (C=O) groups excluding carboxylic acids is 1. The summed E-state index contributed by atoms with van der Waals surface area (Å²) in [6.07, 6.45) is 5.73. The molecule has 0 heterocycles. The average molecular weight is 264 g/mol. The molecule has 0 unspecified atom stereocenters. The molecule has 106 valence electrons. The monoisotopic (exact) mass is 264 g/mol. The second kappa shape index (κ2) is 7.82. The van der Waals surface area contributed by atoms with E-state index in [4.69, 9.17) is 4.74 Å². The Morgan fingerprint density at radius 3 is 1.95 bits per heavy atom. The van der Waals surface area contributed by atoms with Crippen LogP contribution in [0.1, 0.15) is 61.0 Å². The highest BCUT2D eigenvalue weighted by Crippen LogP contribution is 2.28. The van der Waals surface area contributed by atoms with Crippen molar-refractivity contribution in [3.05, 3.63) is 28.8 Å². The van der Waals surface area contributed by atoms with Crippen LogP contribution in [-0.4, -0.2) is 18.2 Å². The summed E-state index contributed by atoms with van der Waals surface area (Å²) in [5, 5.41) is 10.3. The lowest BCUT2D eigenvalue weighted by atomic mass is 9.97. The van der Waals surface area contributed by atoms with Gasteiger partial charge in [0.05, 0.1) is 12.7 Å². The summed E-state index contributed by atoms with van der Waals surface area (Å²) in [5.41, 5.74) is 2.25. The lowest BCUT2D eigenvalue weighted by Gasteiger charge is -2.12. The minimum atomic E-state index is -0.338. The number of aryl methyl sites for hydroxylation is 2. The van der Waals surface area contributed by atoms with Crippen molar-refractivity contribution in [2.24, 2.45) is 0 Å². The van der Waals surface area contributed by atoms with Crippen LogP contribution in [0.15, 0.2) is 12.1 Å². The zero-order valence-corrected chi connectivity index (χ0v) is 12.2. The highest BCUT2D eigenvalue weighted by Gasteiger charge is 2.14. The van der Waals surface area contributed by atoms with E-state index in [-0.39, 0.29) is 5.97 Å². The molecule has 1 aromatic carbocycles. The Kier molecular flexibility index (Phi) is 6.40. The molecule has 3 heteroatoms. The van der Waals surface area contributed by atoms with E-state index in [2.05, 4.69) is 13.8 Å². The number of ether oxygens (including phenoxy) is 1. The van der Waals surface area contributed by atoms with Gasteiger partial charge < -0.3 is 9.84 Å². The minimum Gasteiger partial charge on any atom is -0.507 e. The smallest absolute Gasteiger partial charge is 0.337 e. The van der Waals surface area contributed by atoms with Gasteiger partial charge in [0.2, 0.25) is 0 Å². The van der Waals surface area contributed by atoms with Crippen LogP contribution in [0.25, 0.3) is 0 Å². The zero-order chi connectivity index (χ0) is 14.3. The maximum absolute atomic E-state index is 11.7. The SMILES string of the molecule is CCCCc1cc(C(=O)OC)cc(CCCC)c1O. The number of phenols is 1. The maximum Gasteiger partial charge on any atom is 0.337 e. The summed E-state index contributed by atoms with van der Waals surface area (Å²) in [5.74, 6) is 0.0186. The molecule has 0 radical (unpaired) electrons. The first-order valence-electron chi connectivity index (χ1n) is 7.07. The molecule has 0 fully saturated rings. The number of phenolic OH excluding ortho intramolecular Hbond substituents is 1. The Bertz CT molecular complexity index is 395. The molecule has 1 aromatic rings. The fourth-order valence-electron chi connectivity index (χ4n) is 2.11. The number of aromatic hydroxyl groups is 1. The van der Waals surface area contributed by atoms with Crippen LogP contribution in [0.4, 0.5) is 0 Å². The average Bonchev–Trinajstić information content (AvgIpc) is 2.44. The maximum atomic E-state index is 11.7. The van der Waals surface area contributed by atoms with E-state index in [1.807, 2.05) is 0 Å². The normalized spacial score (nSPS) is 10.5. The lowest BCUT2D eigenvalue weighted by molar-refractivity contribution is 0.0600. The molecule has 0 bridgehead atoms. The fourth-order valence-corrected chi connectivity index (χ4v) is 2.11. The van der Waals surface area contributed by atoms with Gasteiger partial charge in [0.15, 0.2) is 0 Å². The molecule has 0 aromatic heterocycles. The van der Waals surface area contributed by atoms with Gasteiger partial charge >= 0.3 is 5.97 Å². The van der Waals surface area contributed by atoms with Crippen LogP contribution in [0.2, 0.25) is 0 Å². The third kappa shape index (κ3) is 4.27. The van der Waals surface area contributed by atoms with Crippen LogP contribution < -0.4 is 0 Å². The lowest BCUT2D eigenvalue weighted by Crippen LogP contribution is -2.04. The van der Waals surface area contributed by atoms with Gasteiger partial charge in [-0.05, 0) is 48.9 Å². The summed E-state index contributed by atoms with van der Waals surface area (Å²) in [7, 11) is 1.38. The van der Waals surface area contributed by atoms with E-state index in [1.165, 1.54) is 7.11 Å². The number of unbranched alkanes of at least 4 members (excludes halogenated alkanes) is 2. The molecular formula is C16H24O3. The van der Waals surface area contributed by atoms with E-state index in [9.17, 15) is 9.90 Å². The minimum absolute atomic E-state index is 0.338. The van der Waals surface area contributed by atoms with Gasteiger partial charge in [-0.1, -0.05) is 26.7 Å². The number of esters is 1. The van der Waals surface area contributed by atoms with Crippen molar-refractivity contribution in [2.75, 3.05) is 7.11 Å². The van der Waals surface area contributed by atoms with Gasteiger partial charge in [-0.25, -0.2) is 4.79 Å². The van der Waals surface area contributed by atoms with Crippen LogP contribution in [0, 0.1) is 0 Å². The molecule has 0 saturated carbocycles. The molecule has 0 saturated heterocycles. The molecule has 0 amide bonds. The zero-order valence-electron chi connectivity index (χ0n) is 12.2. The summed E-state index contributed by atoms with van der Waals surface area (Å²) in [4.78, 5) is 11.7. The molecule has 3 nitrogen and oxygen atoms in total. The molecule has 19 heavy (non-hydrogen) atoms. The predicted molar refractivity (Wildman–Crippen MR) is 76.7 cm³/mol. The summed E-state index contributed by atoms with van der Waals surface area (Å²) in [6, 6.07) is 3.51. The highest BCUT2D eigenvalue weighted by molar-refractivity contribution is 5.90. The van der Waals surface area contributed by atoms with Gasteiger partial charge in [0, 0.05) is 0 Å². The van der Waals surface area contributed by atoms with Crippen molar-refractivity contribution in [3.63, 3.8) is 0 Å². The van der Waals surface area contributed by atoms with Crippen molar-refractivity contribution in [2.45, 2.75) is 52.4 Å². The second-order valence-corrected chi connectivity index (χ2v) is 4.84. The quantitative estimate of drug-likeness (QED) is 0.760. The van der Waals surface area contributed by atoms with E-state index in [0.29, 0.717) is 11.3 Å². The number of hydrogen-bond donors (Lipinski definition) is 1. The largest absolute Gasteiger partial charge is 0.507 e. The number of rotatable bonds is 7. The van der Waals surface area contributed by atoms with Crippen molar-refractivity contribution in [1.82, 2.24) is 0 Å². The Balaban J connectivity index is 3.09. The van der Waals surface area contributed by atoms with Gasteiger partial charge in [-0.15, -0.1) is 0 Å². The summed E-state index contributed by atoms with van der Waals surface area (Å²) in [6.45, 7) is 4.22. The number of carbonyl (C=O) groups is 1. The van der Waals surface area contributed by atoms with E-state index < -0.39 is 0 Å². The Labute approximate surface area is 115 Å². The highest BCUT2D eigenvalue weighted by atomic mass is 16.5. The predicted octanol–water partition coefficient (Wildman–Crippen LogP) is 3.86. The number of hydrogen-bond acceptors (Lipinski definition) is 3. The van der Waals surface area contributed by atoms with Crippen LogP contribution in [0.5, 0.6) is 5.75 Å². The molecule has 0 aliphatic carbocycles. The van der Waals surface area contributed by atoms with E-state index in [1.54, 1.807) is 12.1 Å². The molecule has 1 rings (SSSR count). The Hall–Kier alpha value is -1.51. The summed E-state index contributed by atoms with van der Waals surface area (Å²) < 4.78 is 4.77. The first kappa shape index (κ1) is 15.5. The van der Waals surface area contributed by atoms with Gasteiger partial charge in [-0.3, -0.25) is 0 Å². The molecule has 0 aliphatic heterocycles. The van der Waals surface area contributed by atoms with Crippen molar-refractivity contribution < 1.29 is 14.6 Å². The van der Waals surface area contributed by atoms with Crippen LogP contribution in [0.3, 0.4) is 0 Å². The van der Waals surface area contributed by atoms with Crippen molar-refractivity contribution >= 4 is 5.97 Å². The van der Waals surface area contributed by atoms with Crippen molar-refractivity contribution in [3.8, 4) is 5.75 Å². The fraction of sp³-hybridized carbons (Fsp3) is 0.562. The molecule has 0 atom stereocenters.